The number of hydrogen-bond donors (Lipinski definition) is 2. The van der Waals surface area contributed by atoms with Crippen LogP contribution >= 0.6 is 0 Å². The standard InChI is InChI=1S/C6H8N2O5S/c9-6(10)4-14(11,12)7-3-5-1-2-13-8-5/h1-2,7H,3-4H2,(H,9,10). The Bertz CT molecular complexity index is 396. The molecule has 1 aromatic rings. The van der Waals surface area contributed by atoms with E-state index < -0.39 is 21.7 Å². The van der Waals surface area contributed by atoms with Gasteiger partial charge in [-0.2, -0.15) is 0 Å². The second-order valence-electron chi connectivity index (χ2n) is 2.46. The summed E-state index contributed by atoms with van der Waals surface area (Å²) >= 11 is 0. The van der Waals surface area contributed by atoms with Gasteiger partial charge < -0.3 is 9.63 Å². The molecule has 8 heteroatoms. The predicted molar refractivity (Wildman–Crippen MR) is 44.8 cm³/mol. The molecule has 0 aliphatic heterocycles. The van der Waals surface area contributed by atoms with Crippen molar-refractivity contribution in [1.82, 2.24) is 9.88 Å². The molecule has 0 aromatic carbocycles. The first-order valence-electron chi connectivity index (χ1n) is 3.58. The van der Waals surface area contributed by atoms with Gasteiger partial charge in [-0.25, -0.2) is 13.1 Å². The molecule has 0 spiro atoms. The first-order valence-corrected chi connectivity index (χ1v) is 5.23. The zero-order valence-corrected chi connectivity index (χ0v) is 7.82. The van der Waals surface area contributed by atoms with Crippen molar-refractivity contribution in [3.8, 4) is 0 Å². The maximum absolute atomic E-state index is 11.0. The smallest absolute Gasteiger partial charge is 0.320 e. The topological polar surface area (TPSA) is 110 Å². The molecule has 0 radical (unpaired) electrons. The van der Waals surface area contributed by atoms with Gasteiger partial charge in [0.05, 0.1) is 12.2 Å². The Morgan fingerprint density at radius 1 is 1.64 bits per heavy atom. The number of nitrogens with zero attached hydrogens (tertiary/aromatic N) is 1. The van der Waals surface area contributed by atoms with Crippen LogP contribution in [0.3, 0.4) is 0 Å². The molecule has 0 amide bonds. The van der Waals surface area contributed by atoms with Crippen molar-refractivity contribution in [2.75, 3.05) is 5.75 Å². The number of rotatable bonds is 5. The second kappa shape index (κ2) is 4.20. The number of hydrogen-bond acceptors (Lipinski definition) is 5. The van der Waals surface area contributed by atoms with Gasteiger partial charge in [-0.1, -0.05) is 5.16 Å². The molecule has 7 nitrogen and oxygen atoms in total. The van der Waals surface area contributed by atoms with Gasteiger partial charge in [0.1, 0.15) is 6.26 Å². The summed E-state index contributed by atoms with van der Waals surface area (Å²) in [4.78, 5) is 10.1. The summed E-state index contributed by atoms with van der Waals surface area (Å²) in [6.07, 6.45) is 1.29. The summed E-state index contributed by atoms with van der Waals surface area (Å²) in [7, 11) is -3.79. The van der Waals surface area contributed by atoms with E-state index in [1.165, 1.54) is 12.3 Å². The number of carboxylic acids is 1. The summed E-state index contributed by atoms with van der Waals surface area (Å²) in [6.45, 7) is -0.0773. The van der Waals surface area contributed by atoms with Crippen molar-refractivity contribution in [3.05, 3.63) is 18.0 Å². The lowest BCUT2D eigenvalue weighted by molar-refractivity contribution is -0.134. The highest BCUT2D eigenvalue weighted by molar-refractivity contribution is 7.90. The Hall–Kier alpha value is -1.41. The minimum absolute atomic E-state index is 0.0773. The number of nitrogens with one attached hydrogen (secondary N) is 1. The normalized spacial score (nSPS) is 11.4. The average molecular weight is 220 g/mol. The first kappa shape index (κ1) is 10.7. The van der Waals surface area contributed by atoms with Gasteiger partial charge in [0.15, 0.2) is 5.75 Å². The van der Waals surface area contributed by atoms with E-state index in [0.29, 0.717) is 5.69 Å². The van der Waals surface area contributed by atoms with Crippen LogP contribution in [0.1, 0.15) is 5.69 Å². The third-order valence-electron chi connectivity index (χ3n) is 1.28. The van der Waals surface area contributed by atoms with E-state index in [4.69, 9.17) is 5.11 Å². The van der Waals surface area contributed by atoms with E-state index in [1.807, 2.05) is 0 Å². The third-order valence-corrected chi connectivity index (χ3v) is 2.49. The van der Waals surface area contributed by atoms with Crippen molar-refractivity contribution in [1.29, 1.82) is 0 Å². The molecule has 78 valence electrons. The molecule has 0 saturated carbocycles. The average Bonchev–Trinajstić information content (AvgIpc) is 2.50. The molecule has 0 saturated heterocycles. The minimum atomic E-state index is -3.79. The lowest BCUT2D eigenvalue weighted by Gasteiger charge is -2.00. The van der Waals surface area contributed by atoms with Crippen LogP contribution in [-0.4, -0.2) is 30.4 Å². The SMILES string of the molecule is O=C(O)CS(=O)(=O)NCc1ccon1. The van der Waals surface area contributed by atoms with Crippen LogP contribution in [0.5, 0.6) is 0 Å². The molecule has 1 heterocycles. The quantitative estimate of drug-likeness (QED) is 0.670. The monoisotopic (exact) mass is 220 g/mol. The lowest BCUT2D eigenvalue weighted by Crippen LogP contribution is -2.29. The highest BCUT2D eigenvalue weighted by Crippen LogP contribution is 1.95. The molecule has 0 aliphatic rings. The van der Waals surface area contributed by atoms with Crippen molar-refractivity contribution in [2.24, 2.45) is 0 Å². The molecule has 0 fully saturated rings. The summed E-state index contributed by atoms with van der Waals surface area (Å²) in [5.41, 5.74) is 0.388. The van der Waals surface area contributed by atoms with E-state index >= 15 is 0 Å². The van der Waals surface area contributed by atoms with Crippen LogP contribution in [-0.2, 0) is 21.4 Å². The number of sulfonamides is 1. The van der Waals surface area contributed by atoms with Crippen LogP contribution in [0.2, 0.25) is 0 Å². The summed E-state index contributed by atoms with van der Waals surface area (Å²) in [6, 6.07) is 1.48. The fourth-order valence-corrected chi connectivity index (χ4v) is 1.52. The summed E-state index contributed by atoms with van der Waals surface area (Å²) in [5, 5.41) is 11.7. The van der Waals surface area contributed by atoms with E-state index in [-0.39, 0.29) is 6.54 Å². The molecule has 1 aromatic heterocycles. The van der Waals surface area contributed by atoms with Crippen molar-refractivity contribution in [2.45, 2.75) is 6.54 Å². The Kier molecular flexibility index (Phi) is 3.20. The molecule has 14 heavy (non-hydrogen) atoms. The Morgan fingerprint density at radius 3 is 2.86 bits per heavy atom. The molecule has 0 atom stereocenters. The van der Waals surface area contributed by atoms with Gasteiger partial charge in [0, 0.05) is 6.07 Å². The number of carbonyl (C=O) groups is 1. The van der Waals surface area contributed by atoms with Crippen LogP contribution in [0, 0.1) is 0 Å². The molecule has 0 aliphatic carbocycles. The highest BCUT2D eigenvalue weighted by atomic mass is 32.2. The van der Waals surface area contributed by atoms with Gasteiger partial charge in [-0.15, -0.1) is 0 Å². The van der Waals surface area contributed by atoms with Gasteiger partial charge in [0.25, 0.3) is 0 Å². The van der Waals surface area contributed by atoms with Crippen molar-refractivity contribution >= 4 is 16.0 Å². The Labute approximate surface area is 79.8 Å². The molecule has 0 bridgehead atoms. The maximum Gasteiger partial charge on any atom is 0.320 e. The van der Waals surface area contributed by atoms with Gasteiger partial charge in [-0.05, 0) is 0 Å². The molecular weight excluding hydrogens is 212 g/mol. The predicted octanol–water partition coefficient (Wildman–Crippen LogP) is -0.821. The molecule has 1 rings (SSSR count). The van der Waals surface area contributed by atoms with Gasteiger partial charge >= 0.3 is 5.97 Å². The largest absolute Gasteiger partial charge is 0.480 e. The van der Waals surface area contributed by atoms with Gasteiger partial charge in [0.2, 0.25) is 10.0 Å². The summed E-state index contributed by atoms with van der Waals surface area (Å²) < 4.78 is 28.5. The van der Waals surface area contributed by atoms with Crippen LogP contribution in [0.15, 0.2) is 16.9 Å². The first-order chi connectivity index (χ1) is 6.49. The van der Waals surface area contributed by atoms with E-state index in [1.54, 1.807) is 0 Å². The van der Waals surface area contributed by atoms with Crippen molar-refractivity contribution < 1.29 is 22.8 Å². The van der Waals surface area contributed by atoms with Crippen LogP contribution in [0.25, 0.3) is 0 Å². The highest BCUT2D eigenvalue weighted by Gasteiger charge is 2.15. The number of carboxylic acid groups (broad SMARTS) is 1. The lowest BCUT2D eigenvalue weighted by atomic mass is 10.5. The summed E-state index contributed by atoms with van der Waals surface area (Å²) in [5.74, 6) is -2.36. The second-order valence-corrected chi connectivity index (χ2v) is 4.27. The number of aromatic nitrogens is 1. The fraction of sp³-hybridized carbons (Fsp3) is 0.333. The maximum atomic E-state index is 11.0. The molecule has 0 unspecified atom stereocenters. The molecule has 2 N–H and O–H groups in total. The van der Waals surface area contributed by atoms with Gasteiger partial charge in [-0.3, -0.25) is 4.79 Å². The fourth-order valence-electron chi connectivity index (χ4n) is 0.726. The zero-order chi connectivity index (χ0) is 10.6. The van der Waals surface area contributed by atoms with Crippen LogP contribution in [0.4, 0.5) is 0 Å². The van der Waals surface area contributed by atoms with Crippen LogP contribution < -0.4 is 4.72 Å². The minimum Gasteiger partial charge on any atom is -0.480 e. The van der Waals surface area contributed by atoms with E-state index in [0.717, 1.165) is 0 Å². The van der Waals surface area contributed by atoms with E-state index in [9.17, 15) is 13.2 Å². The zero-order valence-electron chi connectivity index (χ0n) is 7.00. The number of aliphatic carboxylic acids is 1. The Balaban J connectivity index is 2.49. The third kappa shape index (κ3) is 3.54. The van der Waals surface area contributed by atoms with E-state index in [2.05, 4.69) is 14.4 Å². The molecular formula is C6H8N2O5S. The van der Waals surface area contributed by atoms with Crippen molar-refractivity contribution in [3.63, 3.8) is 0 Å². The Morgan fingerprint density at radius 2 is 2.36 bits per heavy atom.